The van der Waals surface area contributed by atoms with Crippen LogP contribution in [0.4, 0.5) is 5.82 Å². The molecule has 0 aliphatic carbocycles. The number of aromatic nitrogens is 1. The number of nitrogen functional groups attached to an aromatic ring is 1. The molecule has 0 saturated carbocycles. The first-order valence-corrected chi connectivity index (χ1v) is 10.0. The quantitative estimate of drug-likeness (QED) is 0.695. The summed E-state index contributed by atoms with van der Waals surface area (Å²) in [7, 11) is -3.86. The minimum absolute atomic E-state index is 0.0847. The first-order valence-electron chi connectivity index (χ1n) is 8.17. The summed E-state index contributed by atoms with van der Waals surface area (Å²) in [6.45, 7) is 4.94. The minimum Gasteiger partial charge on any atom is -0.459 e. The smallest absolute Gasteiger partial charge is 0.210 e. The molecular weight excluding hydrogens is 374 g/mol. The maximum Gasteiger partial charge on any atom is 0.210 e. The van der Waals surface area contributed by atoms with Gasteiger partial charge >= 0.3 is 0 Å². The molecule has 3 heterocycles. The predicted octanol–water partition coefficient (Wildman–Crippen LogP) is 3.28. The summed E-state index contributed by atoms with van der Waals surface area (Å²) < 4.78 is 32.0. The molecule has 136 valence electrons. The van der Waals surface area contributed by atoms with Crippen LogP contribution in [0.25, 0.3) is 11.0 Å². The summed E-state index contributed by atoms with van der Waals surface area (Å²) in [5.74, 6) is 0.760. The lowest BCUT2D eigenvalue weighted by Gasteiger charge is -2.29. The number of benzene rings is 1. The summed E-state index contributed by atoms with van der Waals surface area (Å²) in [5.41, 5.74) is 7.13. The van der Waals surface area contributed by atoms with Crippen molar-refractivity contribution >= 4 is 38.2 Å². The van der Waals surface area contributed by atoms with Crippen LogP contribution in [0.3, 0.4) is 0 Å². The Labute approximate surface area is 156 Å². The number of pyridine rings is 1. The second-order valence-electron chi connectivity index (χ2n) is 6.91. The molecule has 4 rings (SSSR count). The molecular formula is C18H18ClN3O3S. The van der Waals surface area contributed by atoms with Crippen molar-refractivity contribution in [1.82, 2.24) is 10.3 Å². The Hall–Kier alpha value is -2.09. The van der Waals surface area contributed by atoms with E-state index in [1.54, 1.807) is 18.2 Å². The van der Waals surface area contributed by atoms with Gasteiger partial charge in [-0.25, -0.2) is 13.4 Å². The van der Waals surface area contributed by atoms with Crippen LogP contribution in [0, 0.1) is 0 Å². The van der Waals surface area contributed by atoms with Gasteiger partial charge in [-0.2, -0.15) is 0 Å². The molecule has 1 aliphatic heterocycles. The first kappa shape index (κ1) is 17.3. The molecule has 0 radical (unpaired) electrons. The fraction of sp³-hybridized carbons (Fsp3) is 0.278. The second kappa shape index (κ2) is 5.70. The van der Waals surface area contributed by atoms with Crippen molar-refractivity contribution in [3.63, 3.8) is 0 Å². The molecule has 0 fully saturated rings. The van der Waals surface area contributed by atoms with Crippen LogP contribution < -0.4 is 11.1 Å². The zero-order valence-corrected chi connectivity index (χ0v) is 15.9. The fourth-order valence-corrected chi connectivity index (χ4v) is 5.00. The number of furan rings is 1. The van der Waals surface area contributed by atoms with Gasteiger partial charge in [-0.05, 0) is 38.5 Å². The summed E-state index contributed by atoms with van der Waals surface area (Å²) in [6.07, 6.45) is 2.15. The first-order chi connectivity index (χ1) is 12.2. The van der Waals surface area contributed by atoms with E-state index in [-0.39, 0.29) is 26.2 Å². The van der Waals surface area contributed by atoms with Gasteiger partial charge in [0.25, 0.3) is 0 Å². The van der Waals surface area contributed by atoms with Crippen LogP contribution in [0.15, 0.2) is 44.7 Å². The standard InChI is InChI=1S/C18H18ClN3O3S/c1-18(2)16-13(5-6-22-18)12-4-3-11(8-14(12)25-16)26(23,24)15-7-10(19)9-21-17(15)20/h3-4,7-9,22H,5-6H2,1-2H3,(H2,20,21). The average Bonchev–Trinajstić information content (AvgIpc) is 2.96. The van der Waals surface area contributed by atoms with Crippen molar-refractivity contribution in [1.29, 1.82) is 0 Å². The zero-order valence-electron chi connectivity index (χ0n) is 14.3. The number of anilines is 1. The molecule has 0 saturated heterocycles. The zero-order chi connectivity index (χ0) is 18.7. The van der Waals surface area contributed by atoms with E-state index < -0.39 is 9.84 Å². The SMILES string of the molecule is CC1(C)NCCc2c1oc1cc(S(=O)(=O)c3cc(Cl)cnc3N)ccc21. The number of sulfone groups is 1. The van der Waals surface area contributed by atoms with Gasteiger partial charge in [0.05, 0.1) is 15.5 Å². The van der Waals surface area contributed by atoms with Crippen molar-refractivity contribution in [3.8, 4) is 0 Å². The van der Waals surface area contributed by atoms with E-state index >= 15 is 0 Å². The fourth-order valence-electron chi connectivity index (χ4n) is 3.40. The topological polar surface area (TPSA) is 98.2 Å². The van der Waals surface area contributed by atoms with Gasteiger partial charge in [-0.15, -0.1) is 0 Å². The van der Waals surface area contributed by atoms with Crippen molar-refractivity contribution in [3.05, 3.63) is 46.8 Å². The Balaban J connectivity index is 1.90. The van der Waals surface area contributed by atoms with Gasteiger partial charge in [0.2, 0.25) is 9.84 Å². The second-order valence-corrected chi connectivity index (χ2v) is 9.26. The summed E-state index contributed by atoms with van der Waals surface area (Å²) >= 11 is 5.90. The third-order valence-corrected chi connectivity index (χ3v) is 6.71. The lowest BCUT2D eigenvalue weighted by Crippen LogP contribution is -2.41. The highest BCUT2D eigenvalue weighted by atomic mass is 35.5. The van der Waals surface area contributed by atoms with Gasteiger partial charge in [0.1, 0.15) is 22.1 Å². The highest BCUT2D eigenvalue weighted by Crippen LogP contribution is 2.37. The molecule has 0 spiro atoms. The largest absolute Gasteiger partial charge is 0.459 e. The molecule has 6 nitrogen and oxygen atoms in total. The van der Waals surface area contributed by atoms with Crippen molar-refractivity contribution in [2.24, 2.45) is 0 Å². The highest BCUT2D eigenvalue weighted by molar-refractivity contribution is 7.91. The number of hydrogen-bond donors (Lipinski definition) is 2. The summed E-state index contributed by atoms with van der Waals surface area (Å²) in [6, 6.07) is 6.21. The van der Waals surface area contributed by atoms with Crippen molar-refractivity contribution < 1.29 is 12.8 Å². The van der Waals surface area contributed by atoms with E-state index in [2.05, 4.69) is 10.3 Å². The summed E-state index contributed by atoms with van der Waals surface area (Å²) in [5, 5.41) is 4.55. The van der Waals surface area contributed by atoms with E-state index in [1.807, 2.05) is 13.8 Å². The van der Waals surface area contributed by atoms with Gasteiger partial charge in [0, 0.05) is 29.8 Å². The van der Waals surface area contributed by atoms with E-state index in [4.69, 9.17) is 21.8 Å². The maximum atomic E-state index is 13.0. The molecule has 0 amide bonds. The third-order valence-electron chi connectivity index (χ3n) is 4.72. The number of nitrogens with zero attached hydrogens (tertiary/aromatic N) is 1. The number of hydrogen-bond acceptors (Lipinski definition) is 6. The Kier molecular flexibility index (Phi) is 3.80. The number of rotatable bonds is 2. The van der Waals surface area contributed by atoms with Crippen LogP contribution in [0.2, 0.25) is 5.02 Å². The van der Waals surface area contributed by atoms with Crippen LogP contribution in [-0.2, 0) is 21.8 Å². The van der Waals surface area contributed by atoms with E-state index in [9.17, 15) is 8.42 Å². The van der Waals surface area contributed by atoms with E-state index in [0.717, 1.165) is 29.7 Å². The average molecular weight is 392 g/mol. The predicted molar refractivity (Wildman–Crippen MR) is 100 cm³/mol. The molecule has 1 aliphatic rings. The number of fused-ring (bicyclic) bond motifs is 3. The number of halogens is 1. The molecule has 0 unspecified atom stereocenters. The van der Waals surface area contributed by atoms with Crippen molar-refractivity contribution in [2.45, 2.75) is 35.6 Å². The van der Waals surface area contributed by atoms with Crippen molar-refractivity contribution in [2.75, 3.05) is 12.3 Å². The Morgan fingerprint density at radius 2 is 2.08 bits per heavy atom. The normalized spacial score (nSPS) is 16.6. The van der Waals surface area contributed by atoms with Gasteiger partial charge < -0.3 is 15.5 Å². The number of nitrogens with two attached hydrogens (primary N) is 1. The van der Waals surface area contributed by atoms with Gasteiger partial charge in [-0.1, -0.05) is 11.6 Å². The molecule has 0 atom stereocenters. The van der Waals surface area contributed by atoms with Crippen LogP contribution >= 0.6 is 11.6 Å². The number of nitrogens with one attached hydrogen (secondary N) is 1. The van der Waals surface area contributed by atoms with Gasteiger partial charge in [0.15, 0.2) is 0 Å². The Morgan fingerprint density at radius 1 is 1.31 bits per heavy atom. The molecule has 3 aromatic rings. The lowest BCUT2D eigenvalue weighted by atomic mass is 9.91. The molecule has 26 heavy (non-hydrogen) atoms. The summed E-state index contributed by atoms with van der Waals surface area (Å²) in [4.78, 5) is 3.83. The molecule has 3 N–H and O–H groups in total. The van der Waals surface area contributed by atoms with E-state index in [1.165, 1.54) is 12.3 Å². The molecule has 2 aromatic heterocycles. The maximum absolute atomic E-state index is 13.0. The van der Waals surface area contributed by atoms with E-state index in [0.29, 0.717) is 5.58 Å². The van der Waals surface area contributed by atoms with Crippen LogP contribution in [0.5, 0.6) is 0 Å². The molecule has 1 aromatic carbocycles. The molecule has 8 heteroatoms. The van der Waals surface area contributed by atoms with Gasteiger partial charge in [-0.3, -0.25) is 0 Å². The third kappa shape index (κ3) is 2.58. The van der Waals surface area contributed by atoms with Crippen LogP contribution in [-0.4, -0.2) is 19.9 Å². The Bertz CT molecular complexity index is 1140. The minimum atomic E-state index is -3.86. The monoisotopic (exact) mass is 391 g/mol. The molecule has 0 bridgehead atoms. The van der Waals surface area contributed by atoms with Crippen LogP contribution in [0.1, 0.15) is 25.2 Å². The highest BCUT2D eigenvalue weighted by Gasteiger charge is 2.33. The Morgan fingerprint density at radius 3 is 2.85 bits per heavy atom. The lowest BCUT2D eigenvalue weighted by molar-refractivity contribution is 0.310.